The molecule has 0 fully saturated rings. The molecule has 0 saturated carbocycles. The minimum absolute atomic E-state index is 0. The zero-order valence-corrected chi connectivity index (χ0v) is 5.12. The zero-order valence-electron chi connectivity index (χ0n) is 2.90. The molecule has 0 aromatic heterocycles. The van der Waals surface area contributed by atoms with Gasteiger partial charge in [0.15, 0.2) is 0 Å². The Kier molecular flexibility index (Phi) is 48.1. The van der Waals surface area contributed by atoms with E-state index < -0.39 is 0 Å². The van der Waals surface area contributed by atoms with Crippen molar-refractivity contribution in [1.29, 1.82) is 0 Å². The Hall–Kier alpha value is 0.462. The second-order valence-corrected chi connectivity index (χ2v) is 0.322. The SMILES string of the molecule is C=C[C-]=O.[Cr].[Cu]. The molecule has 0 atom stereocenters. The van der Waals surface area contributed by atoms with E-state index in [-0.39, 0.29) is 34.4 Å². The molecule has 0 heterocycles. The molecule has 0 N–H and O–H groups in total. The van der Waals surface area contributed by atoms with E-state index in [2.05, 4.69) is 6.58 Å². The summed E-state index contributed by atoms with van der Waals surface area (Å²) >= 11 is 0. The molecule has 6 heavy (non-hydrogen) atoms. The van der Waals surface area contributed by atoms with E-state index in [4.69, 9.17) is 4.79 Å². The van der Waals surface area contributed by atoms with Crippen molar-refractivity contribution in [3.05, 3.63) is 12.7 Å². The van der Waals surface area contributed by atoms with Crippen LogP contribution in [-0.2, 0) is 39.2 Å². The Morgan fingerprint density at radius 2 is 1.83 bits per heavy atom. The number of rotatable bonds is 1. The van der Waals surface area contributed by atoms with Crippen LogP contribution in [-0.4, -0.2) is 6.29 Å². The first-order chi connectivity index (χ1) is 1.91. The third-order valence-corrected chi connectivity index (χ3v) is 0.0833. The van der Waals surface area contributed by atoms with Crippen molar-refractivity contribution in [3.8, 4) is 0 Å². The summed E-state index contributed by atoms with van der Waals surface area (Å²) in [6.45, 7) is 3.06. The van der Waals surface area contributed by atoms with Gasteiger partial charge >= 0.3 is 0 Å². The first-order valence-corrected chi connectivity index (χ1v) is 0.901. The van der Waals surface area contributed by atoms with Crippen molar-refractivity contribution >= 4 is 6.29 Å². The normalized spacial score (nSPS) is 3.33. The maximum Gasteiger partial charge on any atom is 0 e. The summed E-state index contributed by atoms with van der Waals surface area (Å²) in [6, 6.07) is 0. The number of hydrogen-bond acceptors (Lipinski definition) is 1. The number of hydrogen-bond donors (Lipinski definition) is 0. The van der Waals surface area contributed by atoms with Gasteiger partial charge in [-0.15, -0.1) is 0 Å². The molecule has 39 valence electrons. The molecule has 0 aliphatic carbocycles. The van der Waals surface area contributed by atoms with Crippen LogP contribution in [0.3, 0.4) is 0 Å². The molecule has 0 aliphatic rings. The van der Waals surface area contributed by atoms with E-state index >= 15 is 0 Å². The van der Waals surface area contributed by atoms with E-state index in [1.54, 1.807) is 0 Å². The molecule has 0 amide bonds. The van der Waals surface area contributed by atoms with Gasteiger partial charge < -0.3 is 4.79 Å². The minimum Gasteiger partial charge on any atom is -0.419 e. The van der Waals surface area contributed by atoms with Crippen LogP contribution in [0.4, 0.5) is 0 Å². The maximum absolute atomic E-state index is 8.93. The Bertz CT molecular complexity index is 31.8. The Morgan fingerprint density at radius 3 is 1.83 bits per heavy atom. The Morgan fingerprint density at radius 1 is 1.67 bits per heavy atom. The molecule has 3 heteroatoms. The summed E-state index contributed by atoms with van der Waals surface area (Å²) < 4.78 is 0. The van der Waals surface area contributed by atoms with E-state index in [9.17, 15) is 0 Å². The molecule has 0 bridgehead atoms. The molecule has 0 unspecified atom stereocenters. The minimum atomic E-state index is 0. The molecular weight excluding hydrogens is 168 g/mol. The van der Waals surface area contributed by atoms with Crippen molar-refractivity contribution in [2.75, 3.05) is 0 Å². The summed E-state index contributed by atoms with van der Waals surface area (Å²) in [6.07, 6.45) is 2.51. The van der Waals surface area contributed by atoms with E-state index in [0.29, 0.717) is 0 Å². The quantitative estimate of drug-likeness (QED) is 0.314. The van der Waals surface area contributed by atoms with Gasteiger partial charge in [0.2, 0.25) is 0 Å². The fraction of sp³-hybridized carbons (Fsp3) is 0. The average molecular weight is 171 g/mol. The predicted octanol–water partition coefficient (Wildman–Crippen LogP) is 0.277. The number of carbonyl (C=O) groups excluding carboxylic acids is 1. The van der Waals surface area contributed by atoms with Crippen LogP contribution >= 0.6 is 0 Å². The largest absolute Gasteiger partial charge is 0.419 e. The van der Waals surface area contributed by atoms with Gasteiger partial charge in [0.1, 0.15) is 0 Å². The van der Waals surface area contributed by atoms with Crippen LogP contribution in [0.5, 0.6) is 0 Å². The number of allylic oxidation sites excluding steroid dienone is 1. The monoisotopic (exact) mass is 170 g/mol. The maximum atomic E-state index is 8.93. The van der Waals surface area contributed by atoms with E-state index in [1.807, 2.05) is 0 Å². The van der Waals surface area contributed by atoms with Crippen LogP contribution < -0.4 is 0 Å². The summed E-state index contributed by atoms with van der Waals surface area (Å²) in [7, 11) is 0. The average Bonchev–Trinajstić information content (AvgIpc) is 1.37. The summed E-state index contributed by atoms with van der Waals surface area (Å²) in [5.74, 6) is 0. The first kappa shape index (κ1) is 16.1. The fourth-order valence-electron chi connectivity index (χ4n) is 0. The summed E-state index contributed by atoms with van der Waals surface area (Å²) in [4.78, 5) is 8.93. The van der Waals surface area contributed by atoms with Gasteiger partial charge in [-0.1, -0.05) is 0 Å². The molecule has 0 rings (SSSR count). The van der Waals surface area contributed by atoms with Crippen LogP contribution in [0.15, 0.2) is 12.7 Å². The van der Waals surface area contributed by atoms with Gasteiger partial charge in [-0.2, -0.15) is 0 Å². The summed E-state index contributed by atoms with van der Waals surface area (Å²) in [5, 5.41) is 0. The van der Waals surface area contributed by atoms with Crippen molar-refractivity contribution < 1.29 is 39.2 Å². The topological polar surface area (TPSA) is 17.1 Å². The van der Waals surface area contributed by atoms with Gasteiger partial charge in [-0.3, -0.25) is 0 Å². The molecule has 1 radical (unpaired) electrons. The van der Waals surface area contributed by atoms with Crippen LogP contribution in [0, 0.1) is 0 Å². The van der Waals surface area contributed by atoms with Crippen LogP contribution in [0.1, 0.15) is 0 Å². The molecule has 0 saturated heterocycles. The zero-order chi connectivity index (χ0) is 3.41. The summed E-state index contributed by atoms with van der Waals surface area (Å²) in [5.41, 5.74) is 0. The third-order valence-electron chi connectivity index (χ3n) is 0.0833. The van der Waals surface area contributed by atoms with Crippen LogP contribution in [0.2, 0.25) is 0 Å². The van der Waals surface area contributed by atoms with Gasteiger partial charge in [0.25, 0.3) is 0 Å². The van der Waals surface area contributed by atoms with Crippen molar-refractivity contribution in [2.45, 2.75) is 0 Å². The van der Waals surface area contributed by atoms with E-state index in [1.165, 1.54) is 6.29 Å². The van der Waals surface area contributed by atoms with Gasteiger partial charge in [-0.05, 0) is 6.29 Å². The van der Waals surface area contributed by atoms with Gasteiger partial charge in [-0.25, -0.2) is 12.7 Å². The fourth-order valence-corrected chi connectivity index (χ4v) is 0. The third kappa shape index (κ3) is 25.0. The van der Waals surface area contributed by atoms with E-state index in [0.717, 1.165) is 6.08 Å². The molecule has 0 spiro atoms. The molecule has 1 nitrogen and oxygen atoms in total. The van der Waals surface area contributed by atoms with Crippen molar-refractivity contribution in [3.63, 3.8) is 0 Å². The molecule has 0 aromatic carbocycles. The smallest absolute Gasteiger partial charge is 0 e. The molecule has 0 aromatic rings. The van der Waals surface area contributed by atoms with Gasteiger partial charge in [0, 0.05) is 34.4 Å². The second-order valence-electron chi connectivity index (χ2n) is 0.322. The molecular formula is C3H3CrCuO-. The standard InChI is InChI=1S/C3H3O.Cr.Cu/c1-2-3-4;;/h2H,1H2;;/q-1;;. The first-order valence-electron chi connectivity index (χ1n) is 0.901. The predicted molar refractivity (Wildman–Crippen MR) is 15.9 cm³/mol. The van der Waals surface area contributed by atoms with Crippen molar-refractivity contribution in [1.82, 2.24) is 0 Å². The Balaban J connectivity index is -0.0000000450. The second kappa shape index (κ2) is 17.9. The Labute approximate surface area is 58.4 Å². The van der Waals surface area contributed by atoms with Gasteiger partial charge in [0.05, 0.1) is 0 Å². The van der Waals surface area contributed by atoms with Crippen LogP contribution in [0.25, 0.3) is 0 Å². The molecule has 0 aliphatic heterocycles. The van der Waals surface area contributed by atoms with Crippen molar-refractivity contribution in [2.24, 2.45) is 0 Å².